The Morgan fingerprint density at radius 1 is 0.966 bits per heavy atom. The zero-order valence-corrected chi connectivity index (χ0v) is 22.8. The number of carbonyl (C=O) groups is 2. The zero-order chi connectivity index (χ0) is 23.1. The molecule has 0 spiro atoms. The van der Waals surface area contributed by atoms with Crippen molar-refractivity contribution in [1.82, 2.24) is 5.32 Å². The van der Waals surface area contributed by atoms with Crippen molar-refractivity contribution in [3.8, 4) is 0 Å². The molecule has 0 saturated carbocycles. The first-order valence-electron chi connectivity index (χ1n) is 6.54. The molecule has 7 nitrogen and oxygen atoms in total. The number of ether oxygens (including phenoxy) is 1. The summed E-state index contributed by atoms with van der Waals surface area (Å²) in [4.78, 5) is 24.6. The van der Waals surface area contributed by atoms with Gasteiger partial charge in [-0.2, -0.15) is 22.0 Å². The molecule has 1 aromatic carbocycles. The molecule has 1 rings (SSSR count). The molecule has 0 fully saturated rings. The Bertz CT molecular complexity index is 969. The monoisotopic (exact) mass is 894 g/mol. The molecule has 1 aromatic rings. The molecule has 0 aliphatic rings. The van der Waals surface area contributed by atoms with Gasteiger partial charge in [0.25, 0.3) is 5.91 Å². The van der Waals surface area contributed by atoms with Crippen LogP contribution in [0.2, 0.25) is 0 Å². The lowest BCUT2D eigenvalue weighted by atomic mass is 10.1. The maximum absolute atomic E-state index is 13.7. The molecule has 0 aromatic heterocycles. The molecular weight excluding hydrogens is 889 g/mol. The van der Waals surface area contributed by atoms with Crippen LogP contribution >= 0.6 is 90.4 Å². The number of rotatable bonds is 5. The topological polar surface area (TPSA) is 113 Å². The van der Waals surface area contributed by atoms with Crippen LogP contribution in [0.15, 0.2) is 0 Å². The largest absolute Gasteiger partial charge is 0.743 e. The molecule has 0 bridgehead atoms. The van der Waals surface area contributed by atoms with E-state index in [4.69, 9.17) is 0 Å². The fourth-order valence-corrected chi connectivity index (χ4v) is 5.98. The van der Waals surface area contributed by atoms with Gasteiger partial charge in [-0.1, -0.05) is 0 Å². The summed E-state index contributed by atoms with van der Waals surface area (Å²) in [6.07, 6.45) is -6.00. The number of alkyl halides is 5. The van der Waals surface area contributed by atoms with Gasteiger partial charge in [-0.15, -0.1) is 0 Å². The van der Waals surface area contributed by atoms with Crippen LogP contribution in [0.1, 0.15) is 20.7 Å². The van der Waals surface area contributed by atoms with Crippen molar-refractivity contribution in [2.45, 2.75) is 17.5 Å². The Hall–Kier alpha value is 0.640. The van der Waals surface area contributed by atoms with Crippen molar-refractivity contribution in [3.63, 3.8) is 0 Å². The second-order valence-electron chi connectivity index (χ2n) is 4.96. The molecule has 17 heteroatoms. The summed E-state index contributed by atoms with van der Waals surface area (Å²) >= 11 is 6.63. The molecule has 0 saturated heterocycles. The zero-order valence-electron chi connectivity index (χ0n) is 13.3. The Morgan fingerprint density at radius 2 is 1.38 bits per heavy atom. The van der Waals surface area contributed by atoms with Gasteiger partial charge in [-0.3, -0.25) is 4.79 Å². The predicted molar refractivity (Wildman–Crippen MR) is 121 cm³/mol. The van der Waals surface area contributed by atoms with Gasteiger partial charge < -0.3 is 14.6 Å². The predicted octanol–water partition coefficient (Wildman–Crippen LogP) is 3.69. The van der Waals surface area contributed by atoms with Crippen LogP contribution in [0.4, 0.5) is 22.0 Å². The lowest BCUT2D eigenvalue weighted by Gasteiger charge is -2.31. The number of hydrogen-bond donors (Lipinski definition) is 1. The van der Waals surface area contributed by atoms with Crippen LogP contribution in [0.25, 0.3) is 0 Å². The Kier molecular flexibility index (Phi) is 9.20. The van der Waals surface area contributed by atoms with Crippen LogP contribution in [-0.2, 0) is 14.9 Å². The number of halogens is 9. The second-order valence-corrected chi connectivity index (χ2v) is 10.7. The van der Waals surface area contributed by atoms with Crippen LogP contribution < -0.4 is 5.32 Å². The molecule has 1 atom stereocenters. The maximum Gasteiger partial charge on any atom is 0.415 e. The van der Waals surface area contributed by atoms with Gasteiger partial charge in [-0.05, 0) is 90.4 Å². The van der Waals surface area contributed by atoms with Gasteiger partial charge in [-0.25, -0.2) is 13.2 Å². The lowest BCUT2D eigenvalue weighted by Crippen LogP contribution is -2.59. The first kappa shape index (κ1) is 27.7. The van der Waals surface area contributed by atoms with E-state index in [0.29, 0.717) is 7.14 Å². The van der Waals surface area contributed by atoms with Crippen molar-refractivity contribution in [2.24, 2.45) is 0 Å². The minimum atomic E-state index is -6.79. The number of carbonyl (C=O) groups excluding carboxylic acids is 2. The van der Waals surface area contributed by atoms with E-state index < -0.39 is 50.6 Å². The number of hydrogen-bond acceptors (Lipinski definition) is 6. The normalized spacial score (nSPS) is 13.8. The third-order valence-electron chi connectivity index (χ3n) is 3.16. The molecule has 1 amide bonds. The summed E-state index contributed by atoms with van der Waals surface area (Å²) in [5.41, 5.74) is -1.24. The standard InChI is InChI=1S/C12H6F5I4NO6S/c1-28-9(24)3-2(4(18)6(20)7(21)5(3)19)8(23)22-10(11(13,14)15)12(16,17)29(25,26)27/h10H,1H3,(H,22,23)(H,25,26,27)/p-1. The highest BCUT2D eigenvalue weighted by Gasteiger charge is 2.61. The minimum absolute atomic E-state index is 0.0693. The number of esters is 1. The highest BCUT2D eigenvalue weighted by Crippen LogP contribution is 2.37. The minimum Gasteiger partial charge on any atom is -0.743 e. The van der Waals surface area contributed by atoms with E-state index in [9.17, 15) is 44.5 Å². The first-order valence-corrected chi connectivity index (χ1v) is 12.3. The maximum atomic E-state index is 13.7. The number of amides is 1. The molecule has 0 radical (unpaired) electrons. The summed E-state index contributed by atoms with van der Waals surface area (Å²) in [7, 11) is -5.87. The van der Waals surface area contributed by atoms with E-state index in [1.807, 2.05) is 0 Å². The fourth-order valence-electron chi connectivity index (χ4n) is 1.84. The average Bonchev–Trinajstić information content (AvgIpc) is 2.57. The van der Waals surface area contributed by atoms with Gasteiger partial charge in [0, 0.05) is 14.3 Å². The third kappa shape index (κ3) is 5.71. The van der Waals surface area contributed by atoms with E-state index in [2.05, 4.69) is 4.74 Å². The summed E-state index contributed by atoms with van der Waals surface area (Å²) in [5, 5.41) is -5.06. The quantitative estimate of drug-likeness (QED) is 0.121. The van der Waals surface area contributed by atoms with Crippen LogP contribution in [0, 0.1) is 14.3 Å². The third-order valence-corrected chi connectivity index (χ3v) is 11.5. The summed E-state index contributed by atoms with van der Waals surface area (Å²) in [5.74, 6) is -2.98. The molecule has 0 aliphatic carbocycles. The average molecular weight is 894 g/mol. The van der Waals surface area contributed by atoms with E-state index in [0.717, 1.165) is 12.4 Å². The molecule has 29 heavy (non-hydrogen) atoms. The molecule has 0 heterocycles. The highest BCUT2D eigenvalue weighted by atomic mass is 127. The van der Waals surface area contributed by atoms with E-state index in [1.54, 1.807) is 67.8 Å². The van der Waals surface area contributed by atoms with Crippen molar-refractivity contribution in [1.29, 1.82) is 0 Å². The summed E-state index contributed by atoms with van der Waals surface area (Å²) in [6, 6.07) is -4.35. The number of methoxy groups -OCH3 is 1. The number of nitrogens with one attached hydrogen (secondary N) is 1. The Balaban J connectivity index is 3.72. The van der Waals surface area contributed by atoms with Crippen LogP contribution in [0.5, 0.6) is 0 Å². The van der Waals surface area contributed by atoms with Crippen molar-refractivity contribution >= 4 is 112 Å². The van der Waals surface area contributed by atoms with Crippen LogP contribution in [-0.4, -0.2) is 49.4 Å². The smallest absolute Gasteiger partial charge is 0.415 e. The van der Waals surface area contributed by atoms with Gasteiger partial charge in [0.15, 0.2) is 10.1 Å². The van der Waals surface area contributed by atoms with E-state index in [-0.39, 0.29) is 7.14 Å². The Morgan fingerprint density at radius 3 is 1.72 bits per heavy atom. The molecule has 1 N–H and O–H groups in total. The lowest BCUT2D eigenvalue weighted by molar-refractivity contribution is -0.191. The van der Waals surface area contributed by atoms with Gasteiger partial charge in [0.2, 0.25) is 6.04 Å². The summed E-state index contributed by atoms with van der Waals surface area (Å²) in [6.45, 7) is 0. The Labute approximate surface area is 214 Å². The molecular formula is C12H5F5I4NO6S-. The molecule has 164 valence electrons. The number of benzene rings is 1. The second kappa shape index (κ2) is 9.64. The first-order chi connectivity index (χ1) is 12.9. The van der Waals surface area contributed by atoms with Gasteiger partial charge >= 0.3 is 17.4 Å². The van der Waals surface area contributed by atoms with Crippen molar-refractivity contribution in [3.05, 3.63) is 25.4 Å². The van der Waals surface area contributed by atoms with Crippen LogP contribution in [0.3, 0.4) is 0 Å². The van der Waals surface area contributed by atoms with Crippen molar-refractivity contribution in [2.75, 3.05) is 7.11 Å². The highest BCUT2D eigenvalue weighted by molar-refractivity contribution is 14.1. The van der Waals surface area contributed by atoms with Crippen molar-refractivity contribution < 1.29 is 49.2 Å². The fraction of sp³-hybridized carbons (Fsp3) is 0.333. The molecule has 0 aliphatic heterocycles. The SMILES string of the molecule is COC(=O)c1c(I)c(I)c(I)c(I)c1C(=O)NC(C(F)(F)F)C(F)(F)S(=O)(=O)[O-]. The van der Waals surface area contributed by atoms with Gasteiger partial charge in [0.1, 0.15) is 0 Å². The molecule has 1 unspecified atom stereocenters. The van der Waals surface area contributed by atoms with E-state index in [1.165, 1.54) is 22.6 Å². The van der Waals surface area contributed by atoms with Gasteiger partial charge in [0.05, 0.1) is 18.2 Å². The summed E-state index contributed by atoms with van der Waals surface area (Å²) < 4.78 is 104. The van der Waals surface area contributed by atoms with E-state index >= 15 is 0 Å².